The van der Waals surface area contributed by atoms with Gasteiger partial charge in [-0.1, -0.05) is 12.1 Å². The van der Waals surface area contributed by atoms with Gasteiger partial charge in [-0.3, -0.25) is 4.79 Å². The molecule has 0 amide bonds. The lowest BCUT2D eigenvalue weighted by molar-refractivity contribution is -0.107. The highest BCUT2D eigenvalue weighted by atomic mass is 35.5. The minimum absolute atomic E-state index is 0.208. The van der Waals surface area contributed by atoms with E-state index in [9.17, 15) is 13.2 Å². The Labute approximate surface area is 140 Å². The molecule has 2 aromatic rings. The van der Waals surface area contributed by atoms with E-state index in [1.807, 2.05) is 19.0 Å². The number of halogens is 1. The number of hydrogen-bond acceptors (Lipinski definition) is 4. The molecule has 0 N–H and O–H groups in total. The van der Waals surface area contributed by atoms with Crippen LogP contribution in [0.2, 0.25) is 0 Å². The van der Waals surface area contributed by atoms with Gasteiger partial charge in [-0.15, -0.1) is 0 Å². The molecule has 1 aromatic heterocycles. The highest BCUT2D eigenvalue weighted by Crippen LogP contribution is 2.17. The highest BCUT2D eigenvalue weighted by molar-refractivity contribution is 7.90. The summed E-state index contributed by atoms with van der Waals surface area (Å²) in [4.78, 5) is 12.9. The zero-order valence-electron chi connectivity index (χ0n) is 12.8. The molecule has 5 nitrogen and oxygen atoms in total. The zero-order chi connectivity index (χ0) is 17.0. The van der Waals surface area contributed by atoms with Crippen LogP contribution in [-0.2, 0) is 21.4 Å². The maximum atomic E-state index is 12.6. The monoisotopic (exact) mass is 352 g/mol. The molecular weight excluding hydrogens is 336 g/mol. The van der Waals surface area contributed by atoms with Crippen LogP contribution in [0, 0.1) is 0 Å². The van der Waals surface area contributed by atoms with Crippen LogP contribution in [0.5, 0.6) is 0 Å². The average Bonchev–Trinajstić information content (AvgIpc) is 2.94. The van der Waals surface area contributed by atoms with Gasteiger partial charge in [0.25, 0.3) is 10.0 Å². The van der Waals surface area contributed by atoms with Crippen molar-refractivity contribution in [2.45, 2.75) is 11.4 Å². The molecule has 0 radical (unpaired) electrons. The summed E-state index contributed by atoms with van der Waals surface area (Å²) in [5.74, 6) is 0. The van der Waals surface area contributed by atoms with Crippen molar-refractivity contribution in [3.63, 3.8) is 0 Å². The summed E-state index contributed by atoms with van der Waals surface area (Å²) in [5, 5.41) is -0.614. The Morgan fingerprint density at radius 3 is 2.43 bits per heavy atom. The van der Waals surface area contributed by atoms with Crippen molar-refractivity contribution >= 4 is 32.9 Å². The molecule has 0 aliphatic rings. The summed E-state index contributed by atoms with van der Waals surface area (Å²) in [6, 6.07) is 8.36. The first-order chi connectivity index (χ1) is 10.8. The van der Waals surface area contributed by atoms with Crippen LogP contribution in [0.4, 0.5) is 0 Å². The Hall–Kier alpha value is -1.89. The van der Waals surface area contributed by atoms with Gasteiger partial charge in [-0.2, -0.15) is 0 Å². The minimum Gasteiger partial charge on any atom is -0.305 e. The minimum atomic E-state index is -3.65. The lowest BCUT2D eigenvalue weighted by atomic mass is 10.2. The molecule has 7 heteroatoms. The van der Waals surface area contributed by atoms with Crippen LogP contribution in [-0.4, -0.2) is 36.6 Å². The van der Waals surface area contributed by atoms with Gasteiger partial charge in [0.15, 0.2) is 0 Å². The number of rotatable bonds is 6. The maximum absolute atomic E-state index is 12.6. The van der Waals surface area contributed by atoms with Crippen molar-refractivity contribution < 1.29 is 13.2 Å². The van der Waals surface area contributed by atoms with Gasteiger partial charge in [0, 0.05) is 18.9 Å². The van der Waals surface area contributed by atoms with E-state index in [-0.39, 0.29) is 4.90 Å². The molecule has 0 fully saturated rings. The molecule has 0 saturated carbocycles. The topological polar surface area (TPSA) is 59.4 Å². The molecule has 0 aliphatic carbocycles. The predicted molar refractivity (Wildman–Crippen MR) is 90.7 cm³/mol. The molecule has 122 valence electrons. The first kappa shape index (κ1) is 17.5. The Balaban J connectivity index is 2.26. The SMILES string of the molecule is CN(C)Cc1ccc(S(=O)(=O)n2ccc(/C=C/C(=O)Cl)c2)cc1. The van der Waals surface area contributed by atoms with E-state index >= 15 is 0 Å². The lowest BCUT2D eigenvalue weighted by Gasteiger charge is -2.10. The van der Waals surface area contributed by atoms with Crippen molar-refractivity contribution in [3.05, 3.63) is 59.9 Å². The first-order valence-electron chi connectivity index (χ1n) is 6.84. The zero-order valence-corrected chi connectivity index (χ0v) is 14.4. The third kappa shape index (κ3) is 4.54. The molecule has 1 aromatic carbocycles. The first-order valence-corrected chi connectivity index (χ1v) is 8.65. The van der Waals surface area contributed by atoms with Gasteiger partial charge in [0.05, 0.1) is 4.90 Å². The maximum Gasteiger partial charge on any atom is 0.267 e. The Morgan fingerprint density at radius 1 is 1.22 bits per heavy atom. The van der Waals surface area contributed by atoms with Gasteiger partial charge in [-0.05, 0) is 67.2 Å². The highest BCUT2D eigenvalue weighted by Gasteiger charge is 2.16. The van der Waals surface area contributed by atoms with E-state index in [0.29, 0.717) is 5.56 Å². The summed E-state index contributed by atoms with van der Waals surface area (Å²) >= 11 is 5.22. The van der Waals surface area contributed by atoms with Crippen LogP contribution < -0.4 is 0 Å². The van der Waals surface area contributed by atoms with Crippen molar-refractivity contribution in [1.29, 1.82) is 0 Å². The molecule has 0 unspecified atom stereocenters. The molecule has 0 saturated heterocycles. The summed E-state index contributed by atoms with van der Waals surface area (Å²) in [6.45, 7) is 0.741. The Bertz CT molecular complexity index is 821. The van der Waals surface area contributed by atoms with Crippen molar-refractivity contribution in [3.8, 4) is 0 Å². The third-order valence-electron chi connectivity index (χ3n) is 3.09. The fraction of sp³-hybridized carbons (Fsp3) is 0.188. The van der Waals surface area contributed by atoms with Gasteiger partial charge < -0.3 is 4.90 Å². The third-order valence-corrected chi connectivity index (χ3v) is 4.87. The van der Waals surface area contributed by atoms with Crippen LogP contribution in [0.3, 0.4) is 0 Å². The summed E-state index contributed by atoms with van der Waals surface area (Å²) in [6.07, 6.45) is 5.49. The molecule has 0 aliphatic heterocycles. The number of aromatic nitrogens is 1. The number of carbonyl (C=O) groups is 1. The lowest BCUT2D eigenvalue weighted by Crippen LogP contribution is -2.12. The Kier molecular flexibility index (Phi) is 5.41. The van der Waals surface area contributed by atoms with Gasteiger partial charge in [0.1, 0.15) is 0 Å². The largest absolute Gasteiger partial charge is 0.305 e. The van der Waals surface area contributed by atoms with Crippen molar-refractivity contribution in [1.82, 2.24) is 8.87 Å². The van der Waals surface area contributed by atoms with E-state index in [4.69, 9.17) is 11.6 Å². The van der Waals surface area contributed by atoms with E-state index in [1.165, 1.54) is 24.5 Å². The molecule has 0 spiro atoms. The number of hydrogen-bond donors (Lipinski definition) is 0. The smallest absolute Gasteiger partial charge is 0.267 e. The van der Waals surface area contributed by atoms with E-state index in [1.54, 1.807) is 30.3 Å². The van der Waals surface area contributed by atoms with E-state index in [0.717, 1.165) is 16.1 Å². The fourth-order valence-electron chi connectivity index (χ4n) is 2.06. The second-order valence-electron chi connectivity index (χ2n) is 5.30. The summed E-state index contributed by atoms with van der Waals surface area (Å²) < 4.78 is 26.2. The molecule has 23 heavy (non-hydrogen) atoms. The molecule has 1 heterocycles. The Morgan fingerprint density at radius 2 is 1.87 bits per heavy atom. The van der Waals surface area contributed by atoms with Gasteiger partial charge in [0.2, 0.25) is 5.24 Å². The van der Waals surface area contributed by atoms with Crippen LogP contribution in [0.15, 0.2) is 53.7 Å². The number of allylic oxidation sites excluding steroid dienone is 1. The molecule has 0 bridgehead atoms. The van der Waals surface area contributed by atoms with Gasteiger partial charge >= 0.3 is 0 Å². The van der Waals surface area contributed by atoms with Crippen LogP contribution in [0.25, 0.3) is 6.08 Å². The number of nitrogens with zero attached hydrogens (tertiary/aromatic N) is 2. The van der Waals surface area contributed by atoms with E-state index in [2.05, 4.69) is 0 Å². The second-order valence-corrected chi connectivity index (χ2v) is 7.51. The fourth-order valence-corrected chi connectivity index (χ4v) is 3.32. The quantitative estimate of drug-likeness (QED) is 0.592. The summed E-state index contributed by atoms with van der Waals surface area (Å²) in [5.41, 5.74) is 1.61. The standard InChI is InChI=1S/C16H17ClN2O3S/c1-18(2)11-13-3-6-15(7-4-13)23(21,22)19-10-9-14(12-19)5-8-16(17)20/h3-10,12H,11H2,1-2H3/b8-5+. The molecule has 2 rings (SSSR count). The number of benzene rings is 1. The van der Waals surface area contributed by atoms with Gasteiger partial charge in [-0.25, -0.2) is 12.4 Å². The number of carbonyl (C=O) groups excluding carboxylic acids is 1. The second kappa shape index (κ2) is 7.12. The van der Waals surface area contributed by atoms with Crippen molar-refractivity contribution in [2.24, 2.45) is 0 Å². The van der Waals surface area contributed by atoms with Crippen LogP contribution in [0.1, 0.15) is 11.1 Å². The van der Waals surface area contributed by atoms with E-state index < -0.39 is 15.3 Å². The van der Waals surface area contributed by atoms with Crippen molar-refractivity contribution in [2.75, 3.05) is 14.1 Å². The molecule has 0 atom stereocenters. The average molecular weight is 353 g/mol. The summed E-state index contributed by atoms with van der Waals surface area (Å²) in [7, 11) is 0.248. The predicted octanol–water partition coefficient (Wildman–Crippen LogP) is 2.57. The van der Waals surface area contributed by atoms with Crippen LogP contribution >= 0.6 is 11.6 Å². The normalized spacial score (nSPS) is 12.2. The molecular formula is C16H17ClN2O3S.